The van der Waals surface area contributed by atoms with Crippen LogP contribution < -0.4 is 5.32 Å². The predicted molar refractivity (Wildman–Crippen MR) is 117 cm³/mol. The molecule has 34 heavy (non-hydrogen) atoms. The summed E-state index contributed by atoms with van der Waals surface area (Å²) < 4.78 is 67.9. The second kappa shape index (κ2) is 9.18. The Morgan fingerprint density at radius 1 is 1.06 bits per heavy atom. The van der Waals surface area contributed by atoms with Gasteiger partial charge in [-0.2, -0.15) is 13.2 Å². The minimum Gasteiger partial charge on any atom is -0.392 e. The van der Waals surface area contributed by atoms with E-state index in [4.69, 9.17) is 0 Å². The highest BCUT2D eigenvalue weighted by atomic mass is 19.4. The minimum absolute atomic E-state index is 0.0321. The van der Waals surface area contributed by atoms with Crippen molar-refractivity contribution in [1.29, 1.82) is 0 Å². The normalized spacial score (nSPS) is 14.7. The Bertz CT molecular complexity index is 1230. The highest BCUT2D eigenvalue weighted by Gasteiger charge is 2.35. The molecule has 8 heteroatoms. The number of hydrogen-bond donors (Lipinski definition) is 2. The standard InChI is InChI=1S/C26H22F5NO2/c1-14-8-17(4-7-23(14)28)24(16-2-3-16)32-25(34)19-10-15(13-33)9-18(11-19)21-6-5-20(27)12-22(21)26(29,30)31/h4-12,16,24,33H,2-3,13H2,1H3,(H,32,34)/t24-/m0/s1. The van der Waals surface area contributed by atoms with Gasteiger partial charge in [0.05, 0.1) is 18.2 Å². The fraction of sp³-hybridized carbons (Fsp3) is 0.269. The molecule has 1 atom stereocenters. The predicted octanol–water partition coefficient (Wildman–Crippen LogP) is 6.33. The number of nitrogens with one attached hydrogen (secondary N) is 1. The summed E-state index contributed by atoms with van der Waals surface area (Å²) in [6.45, 7) is 1.13. The van der Waals surface area contributed by atoms with Crippen LogP contribution in [0, 0.1) is 24.5 Å². The molecule has 0 saturated heterocycles. The smallest absolute Gasteiger partial charge is 0.392 e. The zero-order chi connectivity index (χ0) is 24.6. The SMILES string of the molecule is Cc1cc([C@@H](NC(=O)c2cc(CO)cc(-c3ccc(F)cc3C(F)(F)F)c2)C2CC2)ccc1F. The van der Waals surface area contributed by atoms with Gasteiger partial charge in [0.1, 0.15) is 11.6 Å². The topological polar surface area (TPSA) is 49.3 Å². The average molecular weight is 475 g/mol. The fourth-order valence-corrected chi connectivity index (χ4v) is 4.06. The lowest BCUT2D eigenvalue weighted by Gasteiger charge is -2.20. The molecule has 0 aromatic heterocycles. The first-order valence-electron chi connectivity index (χ1n) is 10.8. The highest BCUT2D eigenvalue weighted by Crippen LogP contribution is 2.42. The molecule has 1 aliphatic carbocycles. The lowest BCUT2D eigenvalue weighted by Crippen LogP contribution is -2.30. The quantitative estimate of drug-likeness (QED) is 0.409. The van der Waals surface area contributed by atoms with Crippen molar-refractivity contribution >= 4 is 5.91 Å². The largest absolute Gasteiger partial charge is 0.417 e. The van der Waals surface area contributed by atoms with Crippen LogP contribution in [-0.4, -0.2) is 11.0 Å². The van der Waals surface area contributed by atoms with E-state index in [0.29, 0.717) is 11.6 Å². The number of benzene rings is 3. The van der Waals surface area contributed by atoms with Crippen LogP contribution in [0.4, 0.5) is 22.0 Å². The molecule has 1 amide bonds. The van der Waals surface area contributed by atoms with Gasteiger partial charge in [0.2, 0.25) is 0 Å². The summed E-state index contributed by atoms with van der Waals surface area (Å²) in [6, 6.07) is 10.6. The van der Waals surface area contributed by atoms with Crippen molar-refractivity contribution in [2.45, 2.75) is 38.6 Å². The molecule has 1 saturated carbocycles. The van der Waals surface area contributed by atoms with Crippen LogP contribution in [0.15, 0.2) is 54.6 Å². The number of aliphatic hydroxyl groups is 1. The Balaban J connectivity index is 1.71. The molecule has 3 aromatic rings. The summed E-state index contributed by atoms with van der Waals surface area (Å²) in [7, 11) is 0. The first-order chi connectivity index (χ1) is 16.1. The van der Waals surface area contributed by atoms with E-state index in [9.17, 15) is 31.9 Å². The minimum atomic E-state index is -4.81. The summed E-state index contributed by atoms with van der Waals surface area (Å²) in [4.78, 5) is 13.2. The molecule has 1 aliphatic rings. The fourth-order valence-electron chi connectivity index (χ4n) is 4.06. The number of hydrogen-bond acceptors (Lipinski definition) is 2. The second-order valence-electron chi connectivity index (χ2n) is 8.56. The number of aliphatic hydroxyl groups excluding tert-OH is 1. The van der Waals surface area contributed by atoms with Gasteiger partial charge in [-0.3, -0.25) is 4.79 Å². The second-order valence-corrected chi connectivity index (χ2v) is 8.56. The number of carbonyl (C=O) groups is 1. The first-order valence-corrected chi connectivity index (χ1v) is 10.8. The van der Waals surface area contributed by atoms with Crippen LogP contribution >= 0.6 is 0 Å². The van der Waals surface area contributed by atoms with Gasteiger partial charge in [0, 0.05) is 5.56 Å². The maximum atomic E-state index is 13.7. The molecule has 0 spiro atoms. The van der Waals surface area contributed by atoms with Crippen molar-refractivity contribution in [1.82, 2.24) is 5.32 Å². The van der Waals surface area contributed by atoms with E-state index < -0.39 is 30.1 Å². The van der Waals surface area contributed by atoms with E-state index in [2.05, 4.69) is 5.32 Å². The molecule has 0 heterocycles. The summed E-state index contributed by atoms with van der Waals surface area (Å²) in [5, 5.41) is 12.6. The third-order valence-electron chi connectivity index (χ3n) is 5.96. The molecule has 0 bridgehead atoms. The monoisotopic (exact) mass is 475 g/mol. The van der Waals surface area contributed by atoms with Crippen LogP contribution in [0.5, 0.6) is 0 Å². The number of amides is 1. The Labute approximate surface area is 193 Å². The average Bonchev–Trinajstić information content (AvgIpc) is 3.63. The summed E-state index contributed by atoms with van der Waals surface area (Å²) >= 11 is 0. The van der Waals surface area contributed by atoms with E-state index in [1.165, 1.54) is 24.3 Å². The van der Waals surface area contributed by atoms with Gasteiger partial charge >= 0.3 is 6.18 Å². The number of rotatable bonds is 6. The Morgan fingerprint density at radius 3 is 2.41 bits per heavy atom. The van der Waals surface area contributed by atoms with E-state index in [0.717, 1.165) is 30.5 Å². The van der Waals surface area contributed by atoms with E-state index in [1.807, 2.05) is 0 Å². The Kier molecular flexibility index (Phi) is 6.45. The maximum Gasteiger partial charge on any atom is 0.417 e. The number of aryl methyl sites for hydroxylation is 1. The van der Waals surface area contributed by atoms with Crippen molar-refractivity contribution in [3.05, 3.63) is 94.0 Å². The Hall–Kier alpha value is -3.26. The summed E-state index contributed by atoms with van der Waals surface area (Å²) in [5.74, 6) is -1.76. The zero-order valence-electron chi connectivity index (χ0n) is 18.2. The molecule has 3 aromatic carbocycles. The highest BCUT2D eigenvalue weighted by molar-refractivity contribution is 5.96. The lowest BCUT2D eigenvalue weighted by atomic mass is 9.94. The molecule has 0 radical (unpaired) electrons. The number of carbonyl (C=O) groups excluding carboxylic acids is 1. The molecular formula is C26H22F5NO2. The number of halogens is 5. The van der Waals surface area contributed by atoms with Gasteiger partial charge < -0.3 is 10.4 Å². The van der Waals surface area contributed by atoms with Gasteiger partial charge in [-0.1, -0.05) is 18.2 Å². The van der Waals surface area contributed by atoms with Crippen LogP contribution in [0.25, 0.3) is 11.1 Å². The van der Waals surface area contributed by atoms with Gasteiger partial charge in [-0.15, -0.1) is 0 Å². The molecule has 4 rings (SSSR count). The van der Waals surface area contributed by atoms with Crippen LogP contribution in [0.3, 0.4) is 0 Å². The molecule has 178 valence electrons. The van der Waals surface area contributed by atoms with Gasteiger partial charge in [0.25, 0.3) is 5.91 Å². The van der Waals surface area contributed by atoms with Gasteiger partial charge in [0.15, 0.2) is 0 Å². The van der Waals surface area contributed by atoms with Crippen LogP contribution in [0.1, 0.15) is 51.5 Å². The van der Waals surface area contributed by atoms with Crippen molar-refractivity contribution in [2.75, 3.05) is 0 Å². The maximum absolute atomic E-state index is 13.7. The van der Waals surface area contributed by atoms with Crippen molar-refractivity contribution in [3.8, 4) is 11.1 Å². The molecular weight excluding hydrogens is 453 g/mol. The molecule has 0 aliphatic heterocycles. The van der Waals surface area contributed by atoms with Crippen LogP contribution in [-0.2, 0) is 12.8 Å². The molecule has 3 nitrogen and oxygen atoms in total. The van der Waals surface area contributed by atoms with E-state index in [-0.39, 0.29) is 40.0 Å². The van der Waals surface area contributed by atoms with Crippen molar-refractivity contribution in [2.24, 2.45) is 5.92 Å². The molecule has 0 unspecified atom stereocenters. The molecule has 2 N–H and O–H groups in total. The first kappa shape index (κ1) is 23.9. The van der Waals surface area contributed by atoms with Crippen molar-refractivity contribution in [3.63, 3.8) is 0 Å². The van der Waals surface area contributed by atoms with Crippen LogP contribution in [0.2, 0.25) is 0 Å². The Morgan fingerprint density at radius 2 is 1.79 bits per heavy atom. The number of alkyl halides is 3. The lowest BCUT2D eigenvalue weighted by molar-refractivity contribution is -0.137. The van der Waals surface area contributed by atoms with E-state index in [1.54, 1.807) is 19.1 Å². The zero-order valence-corrected chi connectivity index (χ0v) is 18.2. The van der Waals surface area contributed by atoms with E-state index >= 15 is 0 Å². The molecule has 1 fully saturated rings. The third kappa shape index (κ3) is 5.12. The van der Waals surface area contributed by atoms with Gasteiger partial charge in [-0.05, 0) is 89.9 Å². The third-order valence-corrected chi connectivity index (χ3v) is 5.96. The summed E-state index contributed by atoms with van der Waals surface area (Å²) in [6.07, 6.45) is -3.05. The van der Waals surface area contributed by atoms with Gasteiger partial charge in [-0.25, -0.2) is 8.78 Å². The summed E-state index contributed by atoms with van der Waals surface area (Å²) in [5.41, 5.74) is 0.0377. The van der Waals surface area contributed by atoms with Crippen molar-refractivity contribution < 1.29 is 31.9 Å².